The van der Waals surface area contributed by atoms with Crippen molar-refractivity contribution in [3.63, 3.8) is 0 Å². The Labute approximate surface area is 128 Å². The van der Waals surface area contributed by atoms with Crippen molar-refractivity contribution in [2.24, 2.45) is 0 Å². The van der Waals surface area contributed by atoms with Crippen LogP contribution in [0.5, 0.6) is 0 Å². The van der Waals surface area contributed by atoms with Gasteiger partial charge in [0.05, 0.1) is 0 Å². The molecule has 21 heavy (non-hydrogen) atoms. The van der Waals surface area contributed by atoms with E-state index in [0.717, 1.165) is 5.56 Å². The molecule has 5 heteroatoms. The van der Waals surface area contributed by atoms with Gasteiger partial charge in [0.1, 0.15) is 6.42 Å². The van der Waals surface area contributed by atoms with Crippen LogP contribution in [-0.4, -0.2) is 11.8 Å². The maximum atomic E-state index is 11.9. The molecule has 0 atom stereocenters. The Kier molecular flexibility index (Phi) is 4.95. The van der Waals surface area contributed by atoms with Gasteiger partial charge in [0, 0.05) is 16.4 Å². The number of rotatable bonds is 4. The Morgan fingerprint density at radius 1 is 1.00 bits per heavy atom. The minimum Gasteiger partial charge on any atom is -0.326 e. The summed E-state index contributed by atoms with van der Waals surface area (Å²) in [6.07, 6.45) is -0.249. The molecule has 0 aromatic heterocycles. The third-order valence-corrected chi connectivity index (χ3v) is 3.09. The number of nitrogens with one attached hydrogen (secondary N) is 2. The van der Waals surface area contributed by atoms with E-state index in [9.17, 15) is 9.59 Å². The molecule has 0 aliphatic heterocycles. The highest BCUT2D eigenvalue weighted by atomic mass is 35.5. The molecule has 0 aliphatic carbocycles. The highest BCUT2D eigenvalue weighted by molar-refractivity contribution is 6.31. The Morgan fingerprint density at radius 2 is 1.67 bits per heavy atom. The van der Waals surface area contributed by atoms with Crippen molar-refractivity contribution < 1.29 is 9.59 Å². The molecule has 0 spiro atoms. The van der Waals surface area contributed by atoms with Gasteiger partial charge in [-0.2, -0.15) is 0 Å². The van der Waals surface area contributed by atoms with E-state index in [-0.39, 0.29) is 18.2 Å². The molecule has 2 aromatic carbocycles. The Bertz CT molecular complexity index is 657. The van der Waals surface area contributed by atoms with Gasteiger partial charge in [-0.05, 0) is 36.8 Å². The minimum atomic E-state index is -0.381. The predicted octanol–water partition coefficient (Wildman–Crippen LogP) is 3.62. The zero-order valence-electron chi connectivity index (χ0n) is 11.5. The molecule has 108 valence electrons. The van der Waals surface area contributed by atoms with Crippen molar-refractivity contribution in [1.82, 2.24) is 0 Å². The number of hydrogen-bond acceptors (Lipinski definition) is 2. The van der Waals surface area contributed by atoms with Crippen molar-refractivity contribution in [3.8, 4) is 0 Å². The molecule has 0 fully saturated rings. The van der Waals surface area contributed by atoms with Gasteiger partial charge in [-0.15, -0.1) is 0 Å². The molecule has 0 bridgehead atoms. The number of halogens is 1. The molecule has 4 nitrogen and oxygen atoms in total. The van der Waals surface area contributed by atoms with Crippen LogP contribution in [0, 0.1) is 6.92 Å². The lowest BCUT2D eigenvalue weighted by atomic mass is 10.2. The van der Waals surface area contributed by atoms with Crippen molar-refractivity contribution in [2.45, 2.75) is 13.3 Å². The summed E-state index contributed by atoms with van der Waals surface area (Å²) >= 11 is 5.88. The van der Waals surface area contributed by atoms with Crippen molar-refractivity contribution in [3.05, 3.63) is 59.1 Å². The van der Waals surface area contributed by atoms with Crippen LogP contribution in [0.25, 0.3) is 0 Å². The highest BCUT2D eigenvalue weighted by Crippen LogP contribution is 2.20. The summed E-state index contributed by atoms with van der Waals surface area (Å²) in [6, 6.07) is 14.2. The molecule has 2 aromatic rings. The topological polar surface area (TPSA) is 58.2 Å². The van der Waals surface area contributed by atoms with Gasteiger partial charge < -0.3 is 10.6 Å². The average Bonchev–Trinajstić information content (AvgIpc) is 2.43. The molecule has 0 radical (unpaired) electrons. The molecular weight excluding hydrogens is 288 g/mol. The van der Waals surface area contributed by atoms with Crippen LogP contribution in [0.3, 0.4) is 0 Å². The van der Waals surface area contributed by atoms with Crippen LogP contribution < -0.4 is 10.6 Å². The number of carbonyl (C=O) groups is 2. The Hall–Kier alpha value is -2.33. The number of benzene rings is 2. The van der Waals surface area contributed by atoms with Crippen LogP contribution in [0.4, 0.5) is 11.4 Å². The third-order valence-electron chi connectivity index (χ3n) is 2.85. The number of anilines is 2. The third kappa shape index (κ3) is 4.61. The van der Waals surface area contributed by atoms with Crippen LogP contribution in [0.2, 0.25) is 5.02 Å². The molecule has 0 saturated carbocycles. The molecule has 2 N–H and O–H groups in total. The van der Waals surface area contributed by atoms with E-state index in [1.807, 2.05) is 31.2 Å². The molecular formula is C16H15ClN2O2. The predicted molar refractivity (Wildman–Crippen MR) is 84.5 cm³/mol. The van der Waals surface area contributed by atoms with E-state index in [1.54, 1.807) is 24.3 Å². The number of amides is 2. The molecule has 0 saturated heterocycles. The normalized spacial score (nSPS) is 10.0. The van der Waals surface area contributed by atoms with Crippen molar-refractivity contribution in [2.75, 3.05) is 10.6 Å². The van der Waals surface area contributed by atoms with E-state index >= 15 is 0 Å². The summed E-state index contributed by atoms with van der Waals surface area (Å²) in [6.45, 7) is 1.86. The SMILES string of the molecule is Cc1ccc(Cl)cc1NC(=O)CC(=O)Nc1ccccc1. The molecule has 0 heterocycles. The van der Waals surface area contributed by atoms with Crippen molar-refractivity contribution >= 4 is 34.8 Å². The quantitative estimate of drug-likeness (QED) is 0.848. The minimum absolute atomic E-state index is 0.249. The number of aryl methyl sites for hydroxylation is 1. The first kappa shape index (κ1) is 15.1. The van der Waals surface area contributed by atoms with Gasteiger partial charge >= 0.3 is 0 Å². The monoisotopic (exact) mass is 302 g/mol. The van der Waals surface area contributed by atoms with Crippen LogP contribution in [0.1, 0.15) is 12.0 Å². The molecule has 2 amide bonds. The van der Waals surface area contributed by atoms with Gasteiger partial charge in [-0.1, -0.05) is 35.9 Å². The second-order valence-corrected chi connectivity index (χ2v) is 5.03. The number of para-hydroxylation sites is 1. The van der Waals surface area contributed by atoms with Crippen LogP contribution >= 0.6 is 11.6 Å². The van der Waals surface area contributed by atoms with E-state index < -0.39 is 0 Å². The lowest BCUT2D eigenvalue weighted by Crippen LogP contribution is -2.21. The van der Waals surface area contributed by atoms with Gasteiger partial charge in [-0.25, -0.2) is 0 Å². The number of hydrogen-bond donors (Lipinski definition) is 2. The lowest BCUT2D eigenvalue weighted by Gasteiger charge is -2.09. The standard InChI is InChI=1S/C16H15ClN2O2/c1-11-7-8-12(17)9-14(11)19-16(21)10-15(20)18-13-5-3-2-4-6-13/h2-9H,10H2,1H3,(H,18,20)(H,19,21). The second kappa shape index (κ2) is 6.90. The molecule has 2 rings (SSSR count). The smallest absolute Gasteiger partial charge is 0.233 e. The first-order valence-corrected chi connectivity index (χ1v) is 6.83. The maximum Gasteiger partial charge on any atom is 0.233 e. The second-order valence-electron chi connectivity index (χ2n) is 4.60. The van der Waals surface area contributed by atoms with E-state index in [1.165, 1.54) is 0 Å². The largest absolute Gasteiger partial charge is 0.326 e. The maximum absolute atomic E-state index is 11.9. The van der Waals surface area contributed by atoms with Crippen LogP contribution in [-0.2, 0) is 9.59 Å². The van der Waals surface area contributed by atoms with E-state index in [0.29, 0.717) is 16.4 Å². The molecule has 0 unspecified atom stereocenters. The Balaban J connectivity index is 1.92. The first-order valence-electron chi connectivity index (χ1n) is 6.45. The van der Waals surface area contributed by atoms with Gasteiger partial charge in [-0.3, -0.25) is 9.59 Å². The summed E-state index contributed by atoms with van der Waals surface area (Å²) in [5.41, 5.74) is 2.16. The fourth-order valence-corrected chi connectivity index (χ4v) is 1.97. The van der Waals surface area contributed by atoms with Crippen molar-refractivity contribution in [1.29, 1.82) is 0 Å². The summed E-state index contributed by atoms with van der Waals surface area (Å²) in [5.74, 6) is -0.743. The average molecular weight is 303 g/mol. The Morgan fingerprint density at radius 3 is 2.38 bits per heavy atom. The summed E-state index contributed by atoms with van der Waals surface area (Å²) in [4.78, 5) is 23.6. The molecule has 0 aliphatic rings. The first-order chi connectivity index (χ1) is 10.0. The van der Waals surface area contributed by atoms with Crippen LogP contribution in [0.15, 0.2) is 48.5 Å². The zero-order valence-corrected chi connectivity index (χ0v) is 12.3. The van der Waals surface area contributed by atoms with E-state index in [4.69, 9.17) is 11.6 Å². The van der Waals surface area contributed by atoms with Gasteiger partial charge in [0.25, 0.3) is 0 Å². The lowest BCUT2D eigenvalue weighted by molar-refractivity contribution is -0.123. The summed E-state index contributed by atoms with van der Waals surface area (Å²) in [7, 11) is 0. The summed E-state index contributed by atoms with van der Waals surface area (Å²) < 4.78 is 0. The number of carbonyl (C=O) groups excluding carboxylic acids is 2. The summed E-state index contributed by atoms with van der Waals surface area (Å²) in [5, 5.41) is 5.87. The highest BCUT2D eigenvalue weighted by Gasteiger charge is 2.11. The van der Waals surface area contributed by atoms with E-state index in [2.05, 4.69) is 10.6 Å². The fraction of sp³-hybridized carbons (Fsp3) is 0.125. The fourth-order valence-electron chi connectivity index (χ4n) is 1.80. The van der Waals surface area contributed by atoms with Gasteiger partial charge in [0.15, 0.2) is 0 Å². The van der Waals surface area contributed by atoms with Gasteiger partial charge in [0.2, 0.25) is 11.8 Å². The zero-order chi connectivity index (χ0) is 15.2.